The largest absolute Gasteiger partial charge is 0.545 e. The molecule has 0 radical (unpaired) electrons. The lowest BCUT2D eigenvalue weighted by Gasteiger charge is -2.13. The molecule has 2 unspecified atom stereocenters. The Labute approximate surface area is 215 Å². The van der Waals surface area contributed by atoms with E-state index in [0.717, 1.165) is 6.20 Å². The summed E-state index contributed by atoms with van der Waals surface area (Å²) < 4.78 is 21.4. The number of carbonyl (C=O) groups is 3. The summed E-state index contributed by atoms with van der Waals surface area (Å²) >= 11 is 7.30. The highest BCUT2D eigenvalue weighted by molar-refractivity contribution is 7.80. The van der Waals surface area contributed by atoms with Crippen LogP contribution in [0.3, 0.4) is 0 Å². The normalized spacial score (nSPS) is 22.8. The lowest BCUT2D eigenvalue weighted by molar-refractivity contribution is -0.765. The molecule has 1 aromatic rings. The maximum atomic E-state index is 10.8. The smallest absolute Gasteiger partial charge is 0.469 e. The number of hydrogen-bond acceptors (Lipinski definition) is 13. The van der Waals surface area contributed by atoms with Crippen LogP contribution in [0.5, 0.6) is 0 Å². The number of pyridine rings is 1. The summed E-state index contributed by atoms with van der Waals surface area (Å²) in [5.74, 6) is -3.06. The van der Waals surface area contributed by atoms with E-state index in [1.165, 1.54) is 22.9 Å². The van der Waals surface area contributed by atoms with Crippen LogP contribution in [-0.4, -0.2) is 96.6 Å². The number of aliphatic hydroxyl groups is 2. The zero-order chi connectivity index (χ0) is 28.2. The molecule has 0 spiro atoms. The van der Waals surface area contributed by atoms with Gasteiger partial charge in [0, 0.05) is 17.6 Å². The minimum absolute atomic E-state index is 0.164. The minimum Gasteiger partial charge on any atom is -0.545 e. The van der Waals surface area contributed by atoms with E-state index < -0.39 is 69.0 Å². The van der Waals surface area contributed by atoms with Crippen molar-refractivity contribution in [3.63, 3.8) is 0 Å². The second kappa shape index (κ2) is 16.1. The molecule has 6 atom stereocenters. The molecule has 1 aliphatic rings. The number of nitrogens with zero attached hydrogens (tertiary/aromatic N) is 1. The van der Waals surface area contributed by atoms with Crippen molar-refractivity contribution in [1.82, 2.24) is 0 Å². The average Bonchev–Trinajstić information content (AvgIpc) is 3.10. The Balaban J connectivity index is 0.000000720. The number of phosphoric ester groups is 1. The third kappa shape index (κ3) is 12.4. The lowest BCUT2D eigenvalue weighted by Crippen LogP contribution is -2.46. The van der Waals surface area contributed by atoms with E-state index in [1.807, 2.05) is 0 Å². The van der Waals surface area contributed by atoms with Crippen molar-refractivity contribution < 1.29 is 68.1 Å². The van der Waals surface area contributed by atoms with E-state index in [1.54, 1.807) is 0 Å². The Morgan fingerprint density at radius 2 is 1.61 bits per heavy atom. The molecule has 2 rings (SSSR count). The van der Waals surface area contributed by atoms with E-state index in [0.29, 0.717) is 0 Å². The minimum atomic E-state index is -4.74. The highest BCUT2D eigenvalue weighted by atomic mass is 32.1. The van der Waals surface area contributed by atoms with E-state index in [4.69, 9.17) is 36.2 Å². The maximum Gasteiger partial charge on any atom is 0.469 e. The molecule has 1 aliphatic heterocycles. The Kier molecular flexibility index (Phi) is 15.3. The number of nitrogens with two attached hydrogens (primary N) is 2. The predicted molar refractivity (Wildman–Crippen MR) is 124 cm³/mol. The molecule has 2 heterocycles. The zero-order valence-electron chi connectivity index (χ0n) is 18.4. The maximum absolute atomic E-state index is 10.8. The van der Waals surface area contributed by atoms with Gasteiger partial charge in [0.2, 0.25) is 0 Å². The van der Waals surface area contributed by atoms with Gasteiger partial charge in [0.1, 0.15) is 24.3 Å². The number of aromatic carboxylic acids is 1. The average molecular weight is 578 g/mol. The summed E-state index contributed by atoms with van der Waals surface area (Å²) in [4.78, 5) is 47.6. The van der Waals surface area contributed by atoms with Crippen LogP contribution in [0.2, 0.25) is 0 Å². The number of aliphatic carboxylic acids is 2. The fourth-order valence-electron chi connectivity index (χ4n) is 2.21. The summed E-state index contributed by atoms with van der Waals surface area (Å²) in [5.41, 5.74) is 9.72. The van der Waals surface area contributed by atoms with Crippen LogP contribution < -0.4 is 21.1 Å². The van der Waals surface area contributed by atoms with Gasteiger partial charge in [0.05, 0.1) is 18.1 Å². The van der Waals surface area contributed by atoms with Crippen molar-refractivity contribution in [2.24, 2.45) is 11.5 Å². The van der Waals surface area contributed by atoms with Crippen LogP contribution in [0.15, 0.2) is 24.5 Å². The molecule has 36 heavy (non-hydrogen) atoms. The fraction of sp³-hybridized carbons (Fsp3) is 0.529. The number of rotatable bonds is 9. The highest BCUT2D eigenvalue weighted by Gasteiger charge is 2.48. The van der Waals surface area contributed by atoms with Crippen molar-refractivity contribution >= 4 is 51.0 Å². The van der Waals surface area contributed by atoms with Gasteiger partial charge in [0.15, 0.2) is 18.5 Å². The standard InChI is InChI=1S/C11H14NO9P.2C3H7NO2S/c13-8-7(5-20-22(17,18)19)21-10(9(8)14)12-3-1-2-6(4-12)11(15)16;2*4-2(1-7)3(5)6/h1-4,7-10,13-14H,5H2,(H2-,15,16,17,18,19);2*2,7H,1,4H2,(H,5,6)/t7-,8-,9-,10-;;/m1../s1. The third-order valence-corrected chi connectivity index (χ3v) is 5.40. The number of carbonyl (C=O) groups excluding carboxylic acids is 1. The van der Waals surface area contributed by atoms with E-state index in [-0.39, 0.29) is 17.1 Å². The third-order valence-electron chi connectivity index (χ3n) is 4.12. The van der Waals surface area contributed by atoms with Crippen LogP contribution in [-0.2, 0) is 23.4 Å². The summed E-state index contributed by atoms with van der Waals surface area (Å²) in [6, 6.07) is 1.03. The molecule has 0 amide bonds. The van der Waals surface area contributed by atoms with Gasteiger partial charge in [-0.1, -0.05) is 0 Å². The molecular weight excluding hydrogens is 549 g/mol. The molecule has 0 aromatic carbocycles. The number of aromatic nitrogens is 1. The highest BCUT2D eigenvalue weighted by Crippen LogP contribution is 2.37. The van der Waals surface area contributed by atoms with Crippen LogP contribution in [0.4, 0.5) is 0 Å². The Hall–Kier alpha value is -1.83. The van der Waals surface area contributed by atoms with Gasteiger partial charge >= 0.3 is 19.8 Å². The number of ether oxygens (including phenoxy) is 1. The van der Waals surface area contributed by atoms with Crippen molar-refractivity contribution in [3.05, 3.63) is 30.1 Å². The molecule has 1 saturated heterocycles. The van der Waals surface area contributed by atoms with E-state index in [9.17, 15) is 34.3 Å². The summed E-state index contributed by atoms with van der Waals surface area (Å²) in [7, 11) is -4.74. The van der Waals surface area contributed by atoms with Crippen LogP contribution >= 0.6 is 33.1 Å². The molecule has 0 aliphatic carbocycles. The van der Waals surface area contributed by atoms with E-state index in [2.05, 4.69) is 29.8 Å². The first-order chi connectivity index (χ1) is 16.5. The molecular formula is C17H28N3O13PS2. The van der Waals surface area contributed by atoms with Gasteiger partial charge in [-0.25, -0.2) is 4.57 Å². The van der Waals surface area contributed by atoms with Crippen LogP contribution in [0, 0.1) is 0 Å². The molecule has 0 bridgehead atoms. The number of phosphoric acid groups is 1. The summed E-state index contributed by atoms with van der Waals surface area (Å²) in [6.45, 7) is -0.639. The van der Waals surface area contributed by atoms with Crippen molar-refractivity contribution in [2.45, 2.75) is 36.6 Å². The molecule has 10 N–H and O–H groups in total. The monoisotopic (exact) mass is 577 g/mol. The van der Waals surface area contributed by atoms with Gasteiger partial charge in [-0.3, -0.25) is 14.1 Å². The van der Waals surface area contributed by atoms with Crippen LogP contribution in [0.1, 0.15) is 16.6 Å². The quantitative estimate of drug-likeness (QED) is 0.0755. The van der Waals surface area contributed by atoms with Gasteiger partial charge in [-0.2, -0.15) is 29.8 Å². The number of carboxylic acids is 3. The Morgan fingerprint density at radius 3 is 1.97 bits per heavy atom. The fourth-order valence-corrected chi connectivity index (χ4v) is 2.87. The number of hydrogen-bond donors (Lipinski definition) is 10. The number of carboxylic acid groups (broad SMARTS) is 3. The molecule has 16 nitrogen and oxygen atoms in total. The SMILES string of the molecule is NC(CS)C(=O)O.NC(CS)C(=O)O.O=C([O-])c1ccc[n+]([C@@H]2O[C@H](COP(=O)(O)O)[C@@H](O)[C@H]2O)c1. The van der Waals surface area contributed by atoms with Crippen molar-refractivity contribution in [2.75, 3.05) is 18.1 Å². The Bertz CT molecular complexity index is 902. The first-order valence-corrected chi connectivity index (χ1v) is 12.5. The van der Waals surface area contributed by atoms with E-state index >= 15 is 0 Å². The molecule has 206 valence electrons. The number of aliphatic hydroxyl groups excluding tert-OH is 2. The summed E-state index contributed by atoms with van der Waals surface area (Å²) in [5, 5.41) is 46.6. The second-order valence-corrected chi connectivity index (χ2v) is 8.88. The van der Waals surface area contributed by atoms with Gasteiger partial charge in [-0.15, -0.1) is 0 Å². The first-order valence-electron chi connectivity index (χ1n) is 9.68. The second-order valence-electron chi connectivity index (χ2n) is 6.91. The molecule has 1 fully saturated rings. The van der Waals surface area contributed by atoms with Gasteiger partial charge in [0.25, 0.3) is 6.23 Å². The molecule has 19 heteroatoms. The van der Waals surface area contributed by atoms with Gasteiger partial charge in [-0.05, 0) is 6.07 Å². The topological polar surface area (TPSA) is 287 Å². The lowest BCUT2D eigenvalue weighted by atomic mass is 10.1. The zero-order valence-corrected chi connectivity index (χ0v) is 21.1. The van der Waals surface area contributed by atoms with Crippen molar-refractivity contribution in [1.29, 1.82) is 0 Å². The summed E-state index contributed by atoms with van der Waals surface area (Å²) in [6.07, 6.45) is -2.68. The van der Waals surface area contributed by atoms with Crippen molar-refractivity contribution in [3.8, 4) is 0 Å². The first kappa shape index (κ1) is 34.2. The van der Waals surface area contributed by atoms with Crippen LogP contribution in [0.25, 0.3) is 0 Å². The molecule has 1 aromatic heterocycles. The Morgan fingerprint density at radius 1 is 1.11 bits per heavy atom. The predicted octanol–water partition coefficient (Wildman–Crippen LogP) is -4.28. The molecule has 0 saturated carbocycles. The van der Waals surface area contributed by atoms with Gasteiger partial charge < -0.3 is 56.3 Å². The number of thiol groups is 2.